The van der Waals surface area contributed by atoms with Crippen LogP contribution in [0.2, 0.25) is 0 Å². The number of carbonyl (C=O) groups excluding carboxylic acids is 1. The second-order valence-corrected chi connectivity index (χ2v) is 5.41. The lowest BCUT2D eigenvalue weighted by atomic mass is 10.0. The Morgan fingerprint density at radius 1 is 0.958 bits per heavy atom. The van der Waals surface area contributed by atoms with Gasteiger partial charge < -0.3 is 10.4 Å². The topological polar surface area (TPSA) is 49.3 Å². The highest BCUT2D eigenvalue weighted by atomic mass is 19.1. The van der Waals surface area contributed by atoms with E-state index in [0.717, 1.165) is 22.9 Å². The van der Waals surface area contributed by atoms with Crippen LogP contribution >= 0.6 is 0 Å². The lowest BCUT2D eigenvalue weighted by molar-refractivity contribution is 0.0907. The fraction of sp³-hybridized carbons (Fsp3) is 0.105. The molecule has 0 bridgehead atoms. The van der Waals surface area contributed by atoms with Crippen LogP contribution in [-0.2, 0) is 0 Å². The molecule has 0 spiro atoms. The van der Waals surface area contributed by atoms with Crippen molar-refractivity contribution in [3.8, 4) is 0 Å². The summed E-state index contributed by atoms with van der Waals surface area (Å²) in [6, 6.07) is 15.6. The Kier molecular flexibility index (Phi) is 4.53. The smallest absolute Gasteiger partial charge is 0.257 e. The molecule has 0 saturated carbocycles. The first kappa shape index (κ1) is 16.1. The zero-order valence-electron chi connectivity index (χ0n) is 12.7. The molecule has 0 aliphatic carbocycles. The molecule has 0 saturated heterocycles. The minimum absolute atomic E-state index is 0.389. The predicted octanol–water partition coefficient (Wildman–Crippen LogP) is 3.58. The molecule has 0 unspecified atom stereocenters. The maximum atomic E-state index is 13.7. The number of carbonyl (C=O) groups is 1. The van der Waals surface area contributed by atoms with Gasteiger partial charge in [0.1, 0.15) is 17.2 Å². The lowest BCUT2D eigenvalue weighted by Gasteiger charge is -2.18. The van der Waals surface area contributed by atoms with Gasteiger partial charge in [-0.1, -0.05) is 42.5 Å². The van der Waals surface area contributed by atoms with Crippen LogP contribution in [0.3, 0.4) is 0 Å². The number of amides is 1. The van der Waals surface area contributed by atoms with E-state index in [9.17, 15) is 18.7 Å². The van der Waals surface area contributed by atoms with Gasteiger partial charge in [0.15, 0.2) is 0 Å². The Labute approximate surface area is 137 Å². The standard InChI is InChI=1S/C19H15F2NO2/c20-15-6-3-7-16(21)18(15)19(24)22-17(11-23)14-9-8-12-4-1-2-5-13(12)10-14/h1-10,17,23H,11H2,(H,22,24)/t17-/m0/s1. The van der Waals surface area contributed by atoms with E-state index in [0.29, 0.717) is 5.56 Å². The maximum Gasteiger partial charge on any atom is 0.257 e. The van der Waals surface area contributed by atoms with E-state index in [1.807, 2.05) is 36.4 Å². The average molecular weight is 327 g/mol. The summed E-state index contributed by atoms with van der Waals surface area (Å²) >= 11 is 0. The van der Waals surface area contributed by atoms with Crippen molar-refractivity contribution in [3.63, 3.8) is 0 Å². The Morgan fingerprint density at radius 3 is 2.29 bits per heavy atom. The highest BCUT2D eigenvalue weighted by Crippen LogP contribution is 2.21. The molecule has 3 rings (SSSR count). The van der Waals surface area contributed by atoms with Crippen molar-refractivity contribution in [2.45, 2.75) is 6.04 Å². The van der Waals surface area contributed by atoms with Gasteiger partial charge >= 0.3 is 0 Å². The van der Waals surface area contributed by atoms with Crippen LogP contribution in [-0.4, -0.2) is 17.6 Å². The fourth-order valence-corrected chi connectivity index (χ4v) is 2.60. The molecule has 24 heavy (non-hydrogen) atoms. The summed E-state index contributed by atoms with van der Waals surface area (Å²) in [5, 5.41) is 14.0. The van der Waals surface area contributed by atoms with Crippen molar-refractivity contribution < 1.29 is 18.7 Å². The predicted molar refractivity (Wildman–Crippen MR) is 87.6 cm³/mol. The molecular formula is C19H15F2NO2. The molecule has 0 heterocycles. The molecule has 3 aromatic rings. The summed E-state index contributed by atoms with van der Waals surface area (Å²) in [7, 11) is 0. The van der Waals surface area contributed by atoms with Crippen LogP contribution in [0.5, 0.6) is 0 Å². The Morgan fingerprint density at radius 2 is 1.62 bits per heavy atom. The van der Waals surface area contributed by atoms with E-state index in [1.165, 1.54) is 6.07 Å². The largest absolute Gasteiger partial charge is 0.394 e. The molecule has 0 fully saturated rings. The first-order valence-corrected chi connectivity index (χ1v) is 7.44. The highest BCUT2D eigenvalue weighted by Gasteiger charge is 2.21. The van der Waals surface area contributed by atoms with Crippen LogP contribution in [0.25, 0.3) is 10.8 Å². The van der Waals surface area contributed by atoms with Gasteiger partial charge in [0.05, 0.1) is 12.6 Å². The van der Waals surface area contributed by atoms with Gasteiger partial charge in [-0.3, -0.25) is 4.79 Å². The summed E-state index contributed by atoms with van der Waals surface area (Å²) in [6.07, 6.45) is 0. The molecule has 0 aliphatic rings. The molecule has 3 aromatic carbocycles. The summed E-state index contributed by atoms with van der Waals surface area (Å²) in [5.74, 6) is -2.79. The minimum Gasteiger partial charge on any atom is -0.394 e. The van der Waals surface area contributed by atoms with Crippen molar-refractivity contribution in [3.05, 3.63) is 83.4 Å². The summed E-state index contributed by atoms with van der Waals surface area (Å²) in [4.78, 5) is 12.2. The molecule has 3 nitrogen and oxygen atoms in total. The summed E-state index contributed by atoms with van der Waals surface area (Å²) in [5.41, 5.74) is -0.00182. The van der Waals surface area contributed by atoms with E-state index >= 15 is 0 Å². The van der Waals surface area contributed by atoms with Gasteiger partial charge in [-0.15, -0.1) is 0 Å². The number of hydrogen-bond acceptors (Lipinski definition) is 2. The van der Waals surface area contributed by atoms with Crippen molar-refractivity contribution >= 4 is 16.7 Å². The van der Waals surface area contributed by atoms with Crippen LogP contribution in [0.4, 0.5) is 8.78 Å². The Hall–Kier alpha value is -2.79. The molecule has 1 atom stereocenters. The monoisotopic (exact) mass is 327 g/mol. The molecule has 0 aliphatic heterocycles. The number of hydrogen-bond donors (Lipinski definition) is 2. The molecular weight excluding hydrogens is 312 g/mol. The first-order valence-electron chi connectivity index (χ1n) is 7.44. The molecule has 5 heteroatoms. The Bertz CT molecular complexity index is 875. The summed E-state index contributed by atoms with van der Waals surface area (Å²) < 4.78 is 27.4. The van der Waals surface area contributed by atoms with Gasteiger partial charge in [0, 0.05) is 0 Å². The maximum absolute atomic E-state index is 13.7. The lowest BCUT2D eigenvalue weighted by Crippen LogP contribution is -2.32. The second kappa shape index (κ2) is 6.76. The normalized spacial score (nSPS) is 12.1. The van der Waals surface area contributed by atoms with Crippen molar-refractivity contribution in [2.24, 2.45) is 0 Å². The zero-order chi connectivity index (χ0) is 17.1. The van der Waals surface area contributed by atoms with Crippen molar-refractivity contribution in [1.82, 2.24) is 5.32 Å². The second-order valence-electron chi connectivity index (χ2n) is 5.41. The number of aliphatic hydroxyl groups excluding tert-OH is 1. The SMILES string of the molecule is O=C(N[C@@H](CO)c1ccc2ccccc2c1)c1c(F)cccc1F. The van der Waals surface area contributed by atoms with Gasteiger partial charge in [-0.25, -0.2) is 8.78 Å². The molecule has 0 radical (unpaired) electrons. The van der Waals surface area contributed by atoms with Crippen LogP contribution in [0.15, 0.2) is 60.7 Å². The third-order valence-electron chi connectivity index (χ3n) is 3.85. The zero-order valence-corrected chi connectivity index (χ0v) is 12.7. The number of aliphatic hydroxyl groups is 1. The quantitative estimate of drug-likeness (QED) is 0.769. The number of halogens is 2. The van der Waals surface area contributed by atoms with Crippen LogP contribution < -0.4 is 5.32 Å². The number of benzene rings is 3. The van der Waals surface area contributed by atoms with Crippen molar-refractivity contribution in [1.29, 1.82) is 0 Å². The van der Waals surface area contributed by atoms with Gasteiger partial charge in [-0.05, 0) is 34.5 Å². The molecule has 122 valence electrons. The number of rotatable bonds is 4. The summed E-state index contributed by atoms with van der Waals surface area (Å²) in [6.45, 7) is -0.389. The van der Waals surface area contributed by atoms with Gasteiger partial charge in [0.2, 0.25) is 0 Å². The third-order valence-corrected chi connectivity index (χ3v) is 3.85. The molecule has 2 N–H and O–H groups in total. The highest BCUT2D eigenvalue weighted by molar-refractivity contribution is 5.95. The van der Waals surface area contributed by atoms with Gasteiger partial charge in [-0.2, -0.15) is 0 Å². The third kappa shape index (κ3) is 3.12. The van der Waals surface area contributed by atoms with E-state index < -0.39 is 29.1 Å². The number of fused-ring (bicyclic) bond motifs is 1. The van der Waals surface area contributed by atoms with Crippen molar-refractivity contribution in [2.75, 3.05) is 6.61 Å². The van der Waals surface area contributed by atoms with E-state index in [4.69, 9.17) is 0 Å². The average Bonchev–Trinajstić information content (AvgIpc) is 2.59. The fourth-order valence-electron chi connectivity index (χ4n) is 2.60. The first-order chi connectivity index (χ1) is 11.6. The van der Waals surface area contributed by atoms with Gasteiger partial charge in [0.25, 0.3) is 5.91 Å². The number of nitrogens with one attached hydrogen (secondary N) is 1. The molecule has 0 aromatic heterocycles. The van der Waals surface area contributed by atoms with E-state index in [1.54, 1.807) is 6.07 Å². The van der Waals surface area contributed by atoms with E-state index in [2.05, 4.69) is 5.32 Å². The molecule has 1 amide bonds. The van der Waals surface area contributed by atoms with Crippen LogP contribution in [0.1, 0.15) is 22.0 Å². The Balaban J connectivity index is 1.89. The van der Waals surface area contributed by atoms with E-state index in [-0.39, 0.29) is 6.61 Å². The minimum atomic E-state index is -0.942. The van der Waals surface area contributed by atoms with Crippen LogP contribution in [0, 0.1) is 11.6 Å².